The molecular formula is C23H23BrN2O5S. The maximum atomic E-state index is 12.7. The van der Waals surface area contributed by atoms with Gasteiger partial charge in [0.15, 0.2) is 6.61 Å². The maximum absolute atomic E-state index is 12.7. The molecule has 2 N–H and O–H groups in total. The fourth-order valence-corrected chi connectivity index (χ4v) is 4.37. The van der Waals surface area contributed by atoms with Crippen LogP contribution in [0.5, 0.6) is 11.5 Å². The van der Waals surface area contributed by atoms with Crippen LogP contribution in [0.3, 0.4) is 0 Å². The number of ether oxygens (including phenoxy) is 2. The van der Waals surface area contributed by atoms with Crippen molar-refractivity contribution in [2.75, 3.05) is 23.3 Å². The first-order valence-electron chi connectivity index (χ1n) is 9.82. The second-order valence-electron chi connectivity index (χ2n) is 6.81. The molecule has 7 nitrogen and oxygen atoms in total. The van der Waals surface area contributed by atoms with Crippen LogP contribution in [0.25, 0.3) is 0 Å². The highest BCUT2D eigenvalue weighted by molar-refractivity contribution is 9.10. The Morgan fingerprint density at radius 2 is 1.72 bits per heavy atom. The van der Waals surface area contributed by atoms with E-state index in [0.717, 1.165) is 4.47 Å². The molecule has 0 aromatic heterocycles. The second-order valence-corrected chi connectivity index (χ2v) is 9.34. The standard InChI is InChI=1S/C23H23BrN2O5S/c1-3-30-18-10-8-17(9-11-18)26-32(28,29)19-12-13-22(16(2)14-19)31-15-23(27)25-21-7-5-4-6-20(21)24/h4-14,26H,3,15H2,1-2H3,(H,25,27). The summed E-state index contributed by atoms with van der Waals surface area (Å²) in [5, 5.41) is 2.75. The Hall–Kier alpha value is -3.04. The van der Waals surface area contributed by atoms with Crippen LogP contribution < -0.4 is 19.5 Å². The summed E-state index contributed by atoms with van der Waals surface area (Å²) in [6.45, 7) is 3.92. The summed E-state index contributed by atoms with van der Waals surface area (Å²) in [5.41, 5.74) is 1.66. The number of sulfonamides is 1. The quantitative estimate of drug-likeness (QED) is 0.416. The van der Waals surface area contributed by atoms with Gasteiger partial charge >= 0.3 is 0 Å². The molecule has 0 spiro atoms. The van der Waals surface area contributed by atoms with Crippen molar-refractivity contribution in [3.05, 3.63) is 76.8 Å². The molecule has 0 bridgehead atoms. The van der Waals surface area contributed by atoms with Crippen LogP contribution in [0.1, 0.15) is 12.5 Å². The van der Waals surface area contributed by atoms with Gasteiger partial charge in [-0.25, -0.2) is 8.42 Å². The van der Waals surface area contributed by atoms with Crippen LogP contribution in [-0.2, 0) is 14.8 Å². The number of anilines is 2. The molecule has 0 aliphatic rings. The molecule has 0 saturated carbocycles. The molecule has 0 heterocycles. The van der Waals surface area contributed by atoms with Gasteiger partial charge in [0, 0.05) is 10.2 Å². The summed E-state index contributed by atoms with van der Waals surface area (Å²) in [6.07, 6.45) is 0. The van der Waals surface area contributed by atoms with Crippen LogP contribution in [0.4, 0.5) is 11.4 Å². The van der Waals surface area contributed by atoms with E-state index in [-0.39, 0.29) is 17.4 Å². The van der Waals surface area contributed by atoms with E-state index in [1.54, 1.807) is 37.3 Å². The Balaban J connectivity index is 1.63. The van der Waals surface area contributed by atoms with Crippen molar-refractivity contribution in [3.63, 3.8) is 0 Å². The average Bonchev–Trinajstić information content (AvgIpc) is 2.76. The normalized spacial score (nSPS) is 11.0. The molecule has 3 rings (SSSR count). The number of halogens is 1. The number of aryl methyl sites for hydroxylation is 1. The molecule has 0 radical (unpaired) electrons. The molecule has 0 aliphatic carbocycles. The predicted octanol–water partition coefficient (Wildman–Crippen LogP) is 4.97. The summed E-state index contributed by atoms with van der Waals surface area (Å²) in [5.74, 6) is 0.758. The highest BCUT2D eigenvalue weighted by atomic mass is 79.9. The SMILES string of the molecule is CCOc1ccc(NS(=O)(=O)c2ccc(OCC(=O)Nc3ccccc3Br)c(C)c2)cc1. The number of hydrogen-bond donors (Lipinski definition) is 2. The summed E-state index contributed by atoms with van der Waals surface area (Å²) < 4.78 is 39.7. The number of amides is 1. The fourth-order valence-electron chi connectivity index (χ4n) is 2.84. The molecule has 0 unspecified atom stereocenters. The monoisotopic (exact) mass is 518 g/mol. The Labute approximate surface area is 195 Å². The van der Waals surface area contributed by atoms with Crippen molar-refractivity contribution in [3.8, 4) is 11.5 Å². The van der Waals surface area contributed by atoms with E-state index < -0.39 is 10.0 Å². The first kappa shape index (κ1) is 23.6. The number of carbonyl (C=O) groups excluding carboxylic acids is 1. The lowest BCUT2D eigenvalue weighted by Crippen LogP contribution is -2.20. The van der Waals surface area contributed by atoms with Gasteiger partial charge in [0.2, 0.25) is 0 Å². The molecule has 3 aromatic carbocycles. The molecule has 0 atom stereocenters. The highest BCUT2D eigenvalue weighted by Gasteiger charge is 2.16. The third-order valence-electron chi connectivity index (χ3n) is 4.38. The Morgan fingerprint density at radius 1 is 1.00 bits per heavy atom. The van der Waals surface area contributed by atoms with E-state index >= 15 is 0 Å². The maximum Gasteiger partial charge on any atom is 0.262 e. The summed E-state index contributed by atoms with van der Waals surface area (Å²) in [6, 6.07) is 18.4. The number of nitrogens with one attached hydrogen (secondary N) is 2. The zero-order valence-corrected chi connectivity index (χ0v) is 20.0. The number of para-hydroxylation sites is 1. The molecule has 9 heteroatoms. The van der Waals surface area contributed by atoms with Crippen molar-refractivity contribution in [1.29, 1.82) is 0 Å². The second kappa shape index (κ2) is 10.5. The van der Waals surface area contributed by atoms with Crippen LogP contribution in [-0.4, -0.2) is 27.5 Å². The van der Waals surface area contributed by atoms with Gasteiger partial charge in [-0.05, 0) is 89.9 Å². The van der Waals surface area contributed by atoms with Crippen molar-refractivity contribution in [2.24, 2.45) is 0 Å². The largest absolute Gasteiger partial charge is 0.494 e. The molecule has 0 fully saturated rings. The van der Waals surface area contributed by atoms with E-state index in [9.17, 15) is 13.2 Å². The first-order valence-corrected chi connectivity index (χ1v) is 12.1. The van der Waals surface area contributed by atoms with Crippen LogP contribution >= 0.6 is 15.9 Å². The molecule has 3 aromatic rings. The average molecular weight is 519 g/mol. The highest BCUT2D eigenvalue weighted by Crippen LogP contribution is 2.25. The van der Waals surface area contributed by atoms with Crippen molar-refractivity contribution in [2.45, 2.75) is 18.7 Å². The molecule has 1 amide bonds. The van der Waals surface area contributed by atoms with Crippen molar-refractivity contribution in [1.82, 2.24) is 0 Å². The minimum absolute atomic E-state index is 0.0916. The number of hydrogen-bond acceptors (Lipinski definition) is 5. The Morgan fingerprint density at radius 3 is 2.38 bits per heavy atom. The van der Waals surface area contributed by atoms with Crippen molar-refractivity contribution < 1.29 is 22.7 Å². The lowest BCUT2D eigenvalue weighted by Gasteiger charge is -2.13. The Kier molecular flexibility index (Phi) is 7.76. The van der Waals surface area contributed by atoms with Gasteiger partial charge in [0.1, 0.15) is 11.5 Å². The number of rotatable bonds is 9. The third-order valence-corrected chi connectivity index (χ3v) is 6.45. The van der Waals surface area contributed by atoms with Crippen LogP contribution in [0, 0.1) is 6.92 Å². The minimum atomic E-state index is -3.79. The van der Waals surface area contributed by atoms with Gasteiger partial charge in [-0.3, -0.25) is 9.52 Å². The van der Waals surface area contributed by atoms with E-state index in [4.69, 9.17) is 9.47 Å². The molecule has 32 heavy (non-hydrogen) atoms. The van der Waals surface area contributed by atoms with E-state index in [2.05, 4.69) is 26.0 Å². The Bertz CT molecular complexity index is 1200. The topological polar surface area (TPSA) is 93.7 Å². The molecular weight excluding hydrogens is 496 g/mol. The van der Waals surface area contributed by atoms with Crippen LogP contribution in [0.2, 0.25) is 0 Å². The predicted molar refractivity (Wildman–Crippen MR) is 128 cm³/mol. The molecule has 0 aliphatic heterocycles. The summed E-state index contributed by atoms with van der Waals surface area (Å²) in [4.78, 5) is 12.3. The zero-order chi connectivity index (χ0) is 23.1. The van der Waals surface area contributed by atoms with Gasteiger partial charge in [0.25, 0.3) is 15.9 Å². The molecule has 168 valence electrons. The van der Waals surface area contributed by atoms with Gasteiger partial charge in [0.05, 0.1) is 17.2 Å². The summed E-state index contributed by atoms with van der Waals surface area (Å²) in [7, 11) is -3.79. The minimum Gasteiger partial charge on any atom is -0.494 e. The lowest BCUT2D eigenvalue weighted by atomic mass is 10.2. The molecule has 0 saturated heterocycles. The van der Waals surface area contributed by atoms with E-state index in [1.807, 2.05) is 25.1 Å². The van der Waals surface area contributed by atoms with Gasteiger partial charge in [-0.1, -0.05) is 12.1 Å². The van der Waals surface area contributed by atoms with E-state index in [0.29, 0.717) is 35.0 Å². The van der Waals surface area contributed by atoms with Crippen molar-refractivity contribution >= 4 is 43.2 Å². The summed E-state index contributed by atoms with van der Waals surface area (Å²) >= 11 is 3.37. The number of carbonyl (C=O) groups is 1. The van der Waals surface area contributed by atoms with Gasteiger partial charge in [-0.15, -0.1) is 0 Å². The van der Waals surface area contributed by atoms with Gasteiger partial charge < -0.3 is 14.8 Å². The zero-order valence-electron chi connectivity index (χ0n) is 17.6. The van der Waals surface area contributed by atoms with Crippen LogP contribution in [0.15, 0.2) is 76.1 Å². The third kappa shape index (κ3) is 6.24. The lowest BCUT2D eigenvalue weighted by molar-refractivity contribution is -0.118. The smallest absolute Gasteiger partial charge is 0.262 e. The van der Waals surface area contributed by atoms with E-state index in [1.165, 1.54) is 18.2 Å². The fraction of sp³-hybridized carbons (Fsp3) is 0.174. The number of benzene rings is 3. The van der Waals surface area contributed by atoms with Gasteiger partial charge in [-0.2, -0.15) is 0 Å². The first-order chi connectivity index (χ1) is 15.3.